The zero-order valence-corrected chi connectivity index (χ0v) is 11.8. The van der Waals surface area contributed by atoms with Crippen LogP contribution in [-0.2, 0) is 6.42 Å². The molecule has 1 heterocycles. The van der Waals surface area contributed by atoms with Crippen LogP contribution in [-0.4, -0.2) is 18.9 Å². The normalized spacial score (nSPS) is 19.4. The molecular weight excluding hydrogens is 252 g/mol. The number of nitriles is 1. The summed E-state index contributed by atoms with van der Waals surface area (Å²) in [7, 11) is 0. The molecule has 0 bridgehead atoms. The monoisotopic (exact) mass is 272 g/mol. The molecular formula is C16H20N2O2. The predicted octanol–water partition coefficient (Wildman–Crippen LogP) is 2.63. The first-order chi connectivity index (χ1) is 9.68. The number of nitrogens with one attached hydrogen (secondary N) is 1. The van der Waals surface area contributed by atoms with Gasteiger partial charge in [-0.2, -0.15) is 5.26 Å². The average Bonchev–Trinajstić information content (AvgIpc) is 3.19. The van der Waals surface area contributed by atoms with Crippen LogP contribution in [0.3, 0.4) is 0 Å². The molecule has 0 radical (unpaired) electrons. The number of ether oxygens (including phenoxy) is 2. The van der Waals surface area contributed by atoms with Crippen LogP contribution >= 0.6 is 0 Å². The fraction of sp³-hybridized carbons (Fsp3) is 0.562. The number of hydrogen-bond donors (Lipinski definition) is 1. The van der Waals surface area contributed by atoms with Crippen molar-refractivity contribution in [1.29, 1.82) is 5.26 Å². The third-order valence-electron chi connectivity index (χ3n) is 4.08. The molecule has 0 aromatic heterocycles. The molecule has 1 atom stereocenters. The van der Waals surface area contributed by atoms with Crippen molar-refractivity contribution in [3.8, 4) is 17.6 Å². The van der Waals surface area contributed by atoms with Gasteiger partial charge in [-0.05, 0) is 62.8 Å². The Balaban J connectivity index is 1.58. The van der Waals surface area contributed by atoms with E-state index in [4.69, 9.17) is 9.47 Å². The number of benzene rings is 1. The summed E-state index contributed by atoms with van der Waals surface area (Å²) in [5.41, 5.74) is 0.739. The molecule has 0 saturated heterocycles. The Kier molecular flexibility index (Phi) is 3.54. The lowest BCUT2D eigenvalue weighted by atomic mass is 9.94. The third-order valence-corrected chi connectivity index (χ3v) is 4.08. The van der Waals surface area contributed by atoms with Crippen LogP contribution in [0.15, 0.2) is 18.2 Å². The maximum atomic E-state index is 9.39. The van der Waals surface area contributed by atoms with Crippen molar-refractivity contribution in [2.45, 2.75) is 38.1 Å². The molecule has 0 spiro atoms. The number of hydrogen-bond acceptors (Lipinski definition) is 4. The van der Waals surface area contributed by atoms with Crippen molar-refractivity contribution in [3.63, 3.8) is 0 Å². The lowest BCUT2D eigenvalue weighted by molar-refractivity contribution is 0.174. The van der Waals surface area contributed by atoms with E-state index >= 15 is 0 Å². The standard InChI is InChI=1S/C16H20N2O2/c1-16(10-17,18-9-13-2-3-13)7-6-12-4-5-14-15(8-12)20-11-19-14/h4-5,8,13,18H,2-3,6-7,9,11H2,1H3. The highest BCUT2D eigenvalue weighted by Gasteiger charge is 2.28. The van der Waals surface area contributed by atoms with Crippen molar-refractivity contribution >= 4 is 0 Å². The minimum absolute atomic E-state index is 0.303. The summed E-state index contributed by atoms with van der Waals surface area (Å²) in [4.78, 5) is 0. The Morgan fingerprint density at radius 1 is 1.35 bits per heavy atom. The molecule has 1 aromatic carbocycles. The molecule has 1 aliphatic heterocycles. The second-order valence-corrected chi connectivity index (χ2v) is 5.96. The summed E-state index contributed by atoms with van der Waals surface area (Å²) < 4.78 is 10.7. The smallest absolute Gasteiger partial charge is 0.231 e. The van der Waals surface area contributed by atoms with Gasteiger partial charge in [-0.25, -0.2) is 0 Å². The molecule has 1 N–H and O–H groups in total. The van der Waals surface area contributed by atoms with Crippen LogP contribution in [0.5, 0.6) is 11.5 Å². The summed E-state index contributed by atoms with van der Waals surface area (Å²) in [6.07, 6.45) is 4.27. The van der Waals surface area contributed by atoms with E-state index in [9.17, 15) is 5.26 Å². The van der Waals surface area contributed by atoms with Crippen molar-refractivity contribution in [1.82, 2.24) is 5.32 Å². The van der Waals surface area contributed by atoms with Gasteiger partial charge in [0.15, 0.2) is 11.5 Å². The van der Waals surface area contributed by atoms with E-state index in [1.165, 1.54) is 18.4 Å². The molecule has 3 rings (SSSR count). The number of fused-ring (bicyclic) bond motifs is 1. The van der Waals surface area contributed by atoms with Gasteiger partial charge in [0.1, 0.15) is 5.54 Å². The lowest BCUT2D eigenvalue weighted by Gasteiger charge is -2.23. The molecule has 1 saturated carbocycles. The van der Waals surface area contributed by atoms with Gasteiger partial charge in [0.05, 0.1) is 6.07 Å². The summed E-state index contributed by atoms with van der Waals surface area (Å²) in [6.45, 7) is 3.26. The maximum absolute atomic E-state index is 9.39. The number of nitrogens with zero attached hydrogens (tertiary/aromatic N) is 1. The van der Waals surface area contributed by atoms with Crippen LogP contribution in [0, 0.1) is 17.2 Å². The predicted molar refractivity (Wildman–Crippen MR) is 75.6 cm³/mol. The zero-order chi connectivity index (χ0) is 14.0. The quantitative estimate of drug-likeness (QED) is 0.865. The zero-order valence-electron chi connectivity index (χ0n) is 11.8. The minimum atomic E-state index is -0.445. The van der Waals surface area contributed by atoms with E-state index in [0.717, 1.165) is 36.8 Å². The average molecular weight is 272 g/mol. The molecule has 1 aliphatic carbocycles. The van der Waals surface area contributed by atoms with E-state index in [1.807, 2.05) is 25.1 Å². The summed E-state index contributed by atoms with van der Waals surface area (Å²) in [5, 5.41) is 12.8. The lowest BCUT2D eigenvalue weighted by Crippen LogP contribution is -2.42. The van der Waals surface area contributed by atoms with E-state index in [0.29, 0.717) is 6.79 Å². The summed E-state index contributed by atoms with van der Waals surface area (Å²) in [5.74, 6) is 2.41. The highest BCUT2D eigenvalue weighted by Crippen LogP contribution is 2.33. The maximum Gasteiger partial charge on any atom is 0.231 e. The largest absolute Gasteiger partial charge is 0.454 e. The van der Waals surface area contributed by atoms with Crippen LogP contribution < -0.4 is 14.8 Å². The Bertz CT molecular complexity index is 534. The third kappa shape index (κ3) is 3.05. The number of aryl methyl sites for hydroxylation is 1. The van der Waals surface area contributed by atoms with Gasteiger partial charge >= 0.3 is 0 Å². The Hall–Kier alpha value is -1.73. The van der Waals surface area contributed by atoms with Crippen molar-refractivity contribution < 1.29 is 9.47 Å². The molecule has 1 unspecified atom stereocenters. The van der Waals surface area contributed by atoms with Crippen molar-refractivity contribution in [2.24, 2.45) is 5.92 Å². The van der Waals surface area contributed by atoms with Crippen molar-refractivity contribution in [3.05, 3.63) is 23.8 Å². The second kappa shape index (κ2) is 5.34. The molecule has 106 valence electrons. The summed E-state index contributed by atoms with van der Waals surface area (Å²) >= 11 is 0. The van der Waals surface area contributed by atoms with Crippen LogP contribution in [0.2, 0.25) is 0 Å². The van der Waals surface area contributed by atoms with Crippen LogP contribution in [0.1, 0.15) is 31.7 Å². The van der Waals surface area contributed by atoms with Crippen molar-refractivity contribution in [2.75, 3.05) is 13.3 Å². The molecule has 1 fully saturated rings. The molecule has 4 heteroatoms. The van der Waals surface area contributed by atoms with Gasteiger partial charge in [0, 0.05) is 0 Å². The summed E-state index contributed by atoms with van der Waals surface area (Å²) in [6, 6.07) is 8.42. The van der Waals surface area contributed by atoms with Gasteiger partial charge in [-0.1, -0.05) is 6.07 Å². The molecule has 4 nitrogen and oxygen atoms in total. The number of rotatable bonds is 6. The first kappa shape index (κ1) is 13.3. The van der Waals surface area contributed by atoms with E-state index < -0.39 is 5.54 Å². The first-order valence-electron chi connectivity index (χ1n) is 7.23. The van der Waals surface area contributed by atoms with Crippen LogP contribution in [0.4, 0.5) is 0 Å². The Morgan fingerprint density at radius 3 is 2.90 bits per heavy atom. The molecule has 20 heavy (non-hydrogen) atoms. The molecule has 2 aliphatic rings. The van der Waals surface area contributed by atoms with E-state index in [2.05, 4.69) is 11.4 Å². The van der Waals surface area contributed by atoms with Gasteiger partial charge in [-0.15, -0.1) is 0 Å². The fourth-order valence-electron chi connectivity index (χ4n) is 2.37. The van der Waals surface area contributed by atoms with E-state index in [1.54, 1.807) is 0 Å². The van der Waals surface area contributed by atoms with Gasteiger partial charge < -0.3 is 9.47 Å². The topological polar surface area (TPSA) is 54.3 Å². The fourth-order valence-corrected chi connectivity index (χ4v) is 2.37. The highest BCUT2D eigenvalue weighted by molar-refractivity contribution is 5.44. The van der Waals surface area contributed by atoms with Crippen LogP contribution in [0.25, 0.3) is 0 Å². The second-order valence-electron chi connectivity index (χ2n) is 5.96. The van der Waals surface area contributed by atoms with Gasteiger partial charge in [-0.3, -0.25) is 5.32 Å². The first-order valence-corrected chi connectivity index (χ1v) is 7.23. The highest BCUT2D eigenvalue weighted by atomic mass is 16.7. The SMILES string of the molecule is CC(C#N)(CCc1ccc2c(c1)OCO2)NCC1CC1. The molecule has 1 aromatic rings. The Morgan fingerprint density at radius 2 is 2.15 bits per heavy atom. The minimum Gasteiger partial charge on any atom is -0.454 e. The van der Waals surface area contributed by atoms with E-state index in [-0.39, 0.29) is 0 Å². The molecule has 0 amide bonds. The van der Waals surface area contributed by atoms with Gasteiger partial charge in [0.2, 0.25) is 6.79 Å². The Labute approximate surface area is 119 Å². The van der Waals surface area contributed by atoms with Gasteiger partial charge in [0.25, 0.3) is 0 Å².